The number of carbonyl (C=O) groups is 7. The summed E-state index contributed by atoms with van der Waals surface area (Å²) in [5.74, 6) is -7.56. The van der Waals surface area contributed by atoms with Crippen molar-refractivity contribution in [2.24, 2.45) is 50.3 Å². The number of hydrogen-bond donors (Lipinski definition) is 13. The number of imide groups is 3. The second-order valence-corrected chi connectivity index (χ2v) is 17.6. The van der Waals surface area contributed by atoms with E-state index in [9.17, 15) is 43.8 Å². The molecule has 376 valence electrons. The number of aliphatic hydroxyl groups excluding tert-OH is 1. The molecule has 0 bridgehead atoms. The molecule has 2 heterocycles. The van der Waals surface area contributed by atoms with Gasteiger partial charge in [0.05, 0.1) is 30.8 Å². The van der Waals surface area contributed by atoms with Gasteiger partial charge in [0.2, 0.25) is 23.6 Å². The summed E-state index contributed by atoms with van der Waals surface area (Å²) in [6, 6.07) is -0.106. The van der Waals surface area contributed by atoms with Crippen LogP contribution < -0.4 is 61.0 Å². The number of phenols is 1. The molecule has 1 aliphatic carbocycles. The Morgan fingerprint density at radius 3 is 2.09 bits per heavy atom. The van der Waals surface area contributed by atoms with Crippen molar-refractivity contribution in [1.29, 1.82) is 0 Å². The van der Waals surface area contributed by atoms with Gasteiger partial charge in [-0.15, -0.1) is 0 Å². The van der Waals surface area contributed by atoms with Crippen LogP contribution in [0, 0.1) is 5.92 Å². The number of allylic oxidation sites excluding steroid dienone is 6. The number of aromatic hydroxyl groups is 1. The number of ketones is 1. The van der Waals surface area contributed by atoms with Crippen LogP contribution in [0.1, 0.15) is 77.2 Å². The van der Waals surface area contributed by atoms with Crippen molar-refractivity contribution in [1.82, 2.24) is 31.5 Å². The number of fused-ring (bicyclic) bond motifs is 1. The van der Waals surface area contributed by atoms with Gasteiger partial charge in [0.15, 0.2) is 23.2 Å². The zero-order valence-electron chi connectivity index (χ0n) is 39.1. The number of rotatable bonds is 25. The zero-order valence-corrected chi connectivity index (χ0v) is 39.1. The maximum Gasteiger partial charge on any atom is 0.264 e. The van der Waals surface area contributed by atoms with Gasteiger partial charge in [-0.3, -0.25) is 43.5 Å². The fraction of sp³-hybridized carbons (Fsp3) is 0.500. The normalized spacial score (nSPS) is 17.7. The Bertz CT molecular complexity index is 2230. The number of nitrogens with zero attached hydrogens (tertiary/aromatic N) is 3. The molecule has 2 aliphatic heterocycles. The predicted octanol–water partition coefficient (Wildman–Crippen LogP) is -2.59. The molecule has 23 nitrogen and oxygen atoms in total. The molecular formula is C46H68N14O9. The average molecular weight is 961 g/mol. The first-order valence-corrected chi connectivity index (χ1v) is 22.9. The summed E-state index contributed by atoms with van der Waals surface area (Å²) in [5, 5.41) is 34.4. The highest BCUT2D eigenvalue weighted by molar-refractivity contribution is 6.19. The fourth-order valence-corrected chi connectivity index (χ4v) is 7.97. The molecule has 23 heteroatoms. The lowest BCUT2D eigenvalue weighted by Gasteiger charge is -2.37. The van der Waals surface area contributed by atoms with E-state index in [1.165, 1.54) is 18.3 Å². The lowest BCUT2D eigenvalue weighted by Crippen LogP contribution is -2.66. The number of phenolic OH excluding ortho intramolecular Hbond substituents is 1. The second kappa shape index (κ2) is 26.0. The molecule has 6 amide bonds. The number of nitrogens with two attached hydrogens (primary N) is 6. The molecule has 1 aromatic rings. The third kappa shape index (κ3) is 15.8. The van der Waals surface area contributed by atoms with Crippen LogP contribution in [0.3, 0.4) is 0 Å². The lowest BCUT2D eigenvalue weighted by molar-refractivity contribution is -0.159. The van der Waals surface area contributed by atoms with Gasteiger partial charge in [0.25, 0.3) is 11.8 Å². The Morgan fingerprint density at radius 1 is 0.884 bits per heavy atom. The van der Waals surface area contributed by atoms with Gasteiger partial charge in [-0.1, -0.05) is 44.2 Å². The van der Waals surface area contributed by atoms with Crippen molar-refractivity contribution >= 4 is 53.1 Å². The minimum Gasteiger partial charge on any atom is -0.508 e. The third-order valence-corrected chi connectivity index (χ3v) is 11.6. The molecule has 0 unspecified atom stereocenters. The summed E-state index contributed by atoms with van der Waals surface area (Å²) < 4.78 is 0. The third-order valence-electron chi connectivity index (χ3n) is 11.6. The molecule has 3 aliphatic rings. The van der Waals surface area contributed by atoms with Crippen LogP contribution in [0.4, 0.5) is 0 Å². The monoisotopic (exact) mass is 961 g/mol. The fourth-order valence-electron chi connectivity index (χ4n) is 7.97. The Balaban J connectivity index is 1.69. The van der Waals surface area contributed by atoms with Crippen molar-refractivity contribution in [3.8, 4) is 5.75 Å². The molecule has 69 heavy (non-hydrogen) atoms. The Morgan fingerprint density at radius 2 is 1.49 bits per heavy atom. The number of guanidine groups is 2. The van der Waals surface area contributed by atoms with Crippen LogP contribution in [0.2, 0.25) is 0 Å². The molecule has 4 rings (SSSR count). The van der Waals surface area contributed by atoms with Gasteiger partial charge < -0.3 is 71.2 Å². The van der Waals surface area contributed by atoms with E-state index < -0.39 is 90.0 Å². The van der Waals surface area contributed by atoms with Crippen molar-refractivity contribution in [2.45, 2.75) is 114 Å². The topological polar surface area (TPSA) is 404 Å². The quantitative estimate of drug-likeness (QED) is 0.0207. The summed E-state index contributed by atoms with van der Waals surface area (Å²) in [6.07, 6.45) is 9.00. The highest BCUT2D eigenvalue weighted by Crippen LogP contribution is 2.32. The standard InChI is InChI=1S/C46H68N14O9/c1-26(2)22-35(59-40(66)33(11-6-19-55-44(48)49)57-39(65)31(47)23-27-13-15-29(62)16-14-27)41(67)58-34(12-7-20-56-45(50)51)42(68)60(37(64)24-36(63)32-10-5-18-53-32)43(69)46(52,25-61)38-30-9-4-3-8-28(30)17-21-54-38/h3-4,8,13-17,21,26,31-35,53-54,61-62H,5-7,9-12,18-20,22-25,47,52H2,1-2H3,(H,57,65)(H,58,67)(H,59,66)(H4,48,49,55)(H4,50,51,56)/t31-,32-,33+,34-,35-,46+/m0/s1. The van der Waals surface area contributed by atoms with Gasteiger partial charge in [-0.05, 0) is 105 Å². The van der Waals surface area contributed by atoms with Crippen LogP contribution in [0.5, 0.6) is 5.75 Å². The van der Waals surface area contributed by atoms with Crippen molar-refractivity contribution in [2.75, 3.05) is 26.2 Å². The first-order chi connectivity index (χ1) is 32.7. The van der Waals surface area contributed by atoms with E-state index in [0.717, 1.165) is 0 Å². The van der Waals surface area contributed by atoms with Gasteiger partial charge in [-0.2, -0.15) is 0 Å². The number of aliphatic imine (C=N–C) groups is 2. The first-order valence-electron chi connectivity index (χ1n) is 22.9. The number of benzene rings is 1. The number of Topliss-reactive ketones (excluding diaryl/α,β-unsaturated/α-hetero) is 1. The Kier molecular flexibility index (Phi) is 20.6. The molecule has 1 saturated heterocycles. The van der Waals surface area contributed by atoms with E-state index in [1.807, 2.05) is 0 Å². The molecule has 0 radical (unpaired) electrons. The van der Waals surface area contributed by atoms with Crippen LogP contribution >= 0.6 is 0 Å². The summed E-state index contributed by atoms with van der Waals surface area (Å²) in [7, 11) is 0. The summed E-state index contributed by atoms with van der Waals surface area (Å²) in [5.41, 5.74) is 34.4. The van der Waals surface area contributed by atoms with E-state index in [1.54, 1.807) is 50.3 Å². The van der Waals surface area contributed by atoms with Crippen LogP contribution in [0.15, 0.2) is 81.6 Å². The number of dihydropyridines is 1. The van der Waals surface area contributed by atoms with Gasteiger partial charge in [0, 0.05) is 19.3 Å². The smallest absolute Gasteiger partial charge is 0.264 e. The van der Waals surface area contributed by atoms with E-state index in [2.05, 4.69) is 36.6 Å². The Labute approximate surface area is 400 Å². The van der Waals surface area contributed by atoms with Crippen LogP contribution in [-0.4, -0.2) is 130 Å². The summed E-state index contributed by atoms with van der Waals surface area (Å²) in [6.45, 7) is 3.02. The molecule has 1 aromatic carbocycles. The number of aliphatic hydroxyl groups is 1. The lowest BCUT2D eigenvalue weighted by atomic mass is 9.84. The molecule has 19 N–H and O–H groups in total. The number of carbonyl (C=O) groups excluding carboxylic acids is 7. The maximum absolute atomic E-state index is 15.0. The predicted molar refractivity (Wildman–Crippen MR) is 258 cm³/mol. The van der Waals surface area contributed by atoms with E-state index in [-0.39, 0.29) is 92.2 Å². The van der Waals surface area contributed by atoms with Crippen LogP contribution in [0.25, 0.3) is 0 Å². The van der Waals surface area contributed by atoms with Crippen LogP contribution in [-0.2, 0) is 40.0 Å². The summed E-state index contributed by atoms with van der Waals surface area (Å²) >= 11 is 0. The minimum atomic E-state index is -2.45. The van der Waals surface area contributed by atoms with Gasteiger partial charge in [0.1, 0.15) is 23.9 Å². The SMILES string of the molecule is CC(C)C[C@H](NC(=O)[C@@H](CCCN=C(N)N)NC(=O)[C@@H](N)Cc1ccc(O)cc1)C(=O)N[C@@H](CCCN=C(N)N)C(=O)N(C(=O)CC(=O)[C@@H]1CCCN1)C(=O)[C@@](N)(CO)C1=C2CC=CC=C2C=CN1. The number of amides is 6. The van der Waals surface area contributed by atoms with Crippen molar-refractivity contribution in [3.05, 3.63) is 77.2 Å². The van der Waals surface area contributed by atoms with Crippen molar-refractivity contribution < 1.29 is 43.8 Å². The van der Waals surface area contributed by atoms with E-state index in [4.69, 9.17) is 34.4 Å². The molecule has 0 aromatic heterocycles. The largest absolute Gasteiger partial charge is 0.508 e. The molecule has 1 fully saturated rings. The van der Waals surface area contributed by atoms with Crippen molar-refractivity contribution in [3.63, 3.8) is 0 Å². The molecule has 0 spiro atoms. The molecular weight excluding hydrogens is 893 g/mol. The second-order valence-electron chi connectivity index (χ2n) is 17.6. The molecule has 6 atom stereocenters. The van der Waals surface area contributed by atoms with Gasteiger partial charge >= 0.3 is 0 Å². The van der Waals surface area contributed by atoms with E-state index in [0.29, 0.717) is 36.1 Å². The Hall–Kier alpha value is -6.95. The first kappa shape index (κ1) is 54.7. The number of nitrogens with one attached hydrogen (secondary N) is 5. The zero-order chi connectivity index (χ0) is 50.8. The average Bonchev–Trinajstić information content (AvgIpc) is 3.86. The van der Waals surface area contributed by atoms with E-state index >= 15 is 0 Å². The molecule has 0 saturated carbocycles. The summed E-state index contributed by atoms with van der Waals surface area (Å²) in [4.78, 5) is 108. The van der Waals surface area contributed by atoms with Gasteiger partial charge in [-0.25, -0.2) is 4.90 Å². The minimum absolute atomic E-state index is 0.00144. The highest BCUT2D eigenvalue weighted by atomic mass is 16.3. The maximum atomic E-state index is 15.0. The number of hydrogen-bond acceptors (Lipinski definition) is 15. The highest BCUT2D eigenvalue weighted by Gasteiger charge is 2.49.